The highest BCUT2D eigenvalue weighted by Gasteiger charge is 2.28. The van der Waals surface area contributed by atoms with Gasteiger partial charge < -0.3 is 9.47 Å². The average molecular weight is 474 g/mol. The molecule has 0 saturated carbocycles. The lowest BCUT2D eigenvalue weighted by molar-refractivity contribution is -0.158. The standard InChI is InChI=1S/C30H35NO4/c1-21-10-9-13-26(18-21)25-16-14-23(15-17-25)19-27(31-22(2)28(32)35-30(3,4)5)29(33)34-20-24-11-7-6-8-12-24/h6-18,22,27,31H,19-20H2,1-5H3. The van der Waals surface area contributed by atoms with E-state index in [2.05, 4.69) is 30.4 Å². The molecule has 184 valence electrons. The summed E-state index contributed by atoms with van der Waals surface area (Å²) in [6, 6.07) is 24.6. The Morgan fingerprint density at radius 2 is 1.51 bits per heavy atom. The van der Waals surface area contributed by atoms with Crippen molar-refractivity contribution >= 4 is 11.9 Å². The monoisotopic (exact) mass is 473 g/mol. The Labute approximate surface area is 208 Å². The summed E-state index contributed by atoms with van der Waals surface area (Å²) in [5.41, 5.74) is 4.72. The zero-order valence-corrected chi connectivity index (χ0v) is 21.2. The number of nitrogens with one attached hydrogen (secondary N) is 1. The SMILES string of the molecule is Cc1cccc(-c2ccc(CC(NC(C)C(=O)OC(C)(C)C)C(=O)OCc3ccccc3)cc2)c1. The van der Waals surface area contributed by atoms with Crippen molar-refractivity contribution < 1.29 is 19.1 Å². The number of hydrogen-bond donors (Lipinski definition) is 1. The molecule has 0 amide bonds. The van der Waals surface area contributed by atoms with Gasteiger partial charge in [0.2, 0.25) is 0 Å². The summed E-state index contributed by atoms with van der Waals surface area (Å²) in [7, 11) is 0. The van der Waals surface area contributed by atoms with E-state index >= 15 is 0 Å². The van der Waals surface area contributed by atoms with E-state index in [1.165, 1.54) is 5.56 Å². The second-order valence-electron chi connectivity index (χ2n) is 9.84. The molecule has 3 aromatic carbocycles. The van der Waals surface area contributed by atoms with Crippen LogP contribution in [0.2, 0.25) is 0 Å². The van der Waals surface area contributed by atoms with Crippen molar-refractivity contribution in [2.75, 3.05) is 0 Å². The lowest BCUT2D eigenvalue weighted by Gasteiger charge is -2.25. The molecule has 0 heterocycles. The summed E-state index contributed by atoms with van der Waals surface area (Å²) in [6.07, 6.45) is 0.384. The summed E-state index contributed by atoms with van der Waals surface area (Å²) in [4.78, 5) is 25.6. The van der Waals surface area contributed by atoms with Gasteiger partial charge in [0.15, 0.2) is 0 Å². The predicted octanol–water partition coefficient (Wildman–Crippen LogP) is 5.64. The first-order chi connectivity index (χ1) is 16.6. The van der Waals surface area contributed by atoms with Gasteiger partial charge in [-0.3, -0.25) is 14.9 Å². The van der Waals surface area contributed by atoms with Crippen molar-refractivity contribution in [1.82, 2.24) is 5.32 Å². The Bertz CT molecular complexity index is 1120. The van der Waals surface area contributed by atoms with E-state index in [4.69, 9.17) is 9.47 Å². The number of aryl methyl sites for hydroxylation is 1. The Balaban J connectivity index is 1.73. The molecular weight excluding hydrogens is 438 g/mol. The first kappa shape index (κ1) is 26.2. The first-order valence-corrected chi connectivity index (χ1v) is 12.0. The molecular formula is C30H35NO4. The first-order valence-electron chi connectivity index (χ1n) is 12.0. The number of esters is 2. The molecule has 3 aromatic rings. The molecule has 0 aliphatic heterocycles. The zero-order chi connectivity index (χ0) is 25.4. The fourth-order valence-corrected chi connectivity index (χ4v) is 3.69. The summed E-state index contributed by atoms with van der Waals surface area (Å²) >= 11 is 0. The average Bonchev–Trinajstić information content (AvgIpc) is 2.82. The van der Waals surface area contributed by atoms with Crippen LogP contribution >= 0.6 is 0 Å². The third-order valence-electron chi connectivity index (χ3n) is 5.47. The van der Waals surface area contributed by atoms with Crippen LogP contribution in [-0.4, -0.2) is 29.6 Å². The molecule has 0 aliphatic rings. The largest absolute Gasteiger partial charge is 0.460 e. The van der Waals surface area contributed by atoms with Crippen LogP contribution in [0.3, 0.4) is 0 Å². The molecule has 2 unspecified atom stereocenters. The van der Waals surface area contributed by atoms with Crippen LogP contribution in [0.4, 0.5) is 0 Å². The van der Waals surface area contributed by atoms with Crippen LogP contribution in [0, 0.1) is 6.92 Å². The van der Waals surface area contributed by atoms with Gasteiger partial charge >= 0.3 is 11.9 Å². The molecule has 5 nitrogen and oxygen atoms in total. The van der Waals surface area contributed by atoms with E-state index in [1.807, 2.05) is 81.4 Å². The van der Waals surface area contributed by atoms with E-state index in [-0.39, 0.29) is 6.61 Å². The minimum atomic E-state index is -0.703. The Morgan fingerprint density at radius 1 is 0.829 bits per heavy atom. The predicted molar refractivity (Wildman–Crippen MR) is 139 cm³/mol. The van der Waals surface area contributed by atoms with Gasteiger partial charge in [0, 0.05) is 0 Å². The summed E-state index contributed by atoms with van der Waals surface area (Å²) in [5.74, 6) is -0.819. The van der Waals surface area contributed by atoms with Crippen molar-refractivity contribution in [2.45, 2.75) is 65.3 Å². The second kappa shape index (κ2) is 11.8. The van der Waals surface area contributed by atoms with Gasteiger partial charge in [-0.15, -0.1) is 0 Å². The molecule has 1 N–H and O–H groups in total. The van der Waals surface area contributed by atoms with Gasteiger partial charge in [-0.25, -0.2) is 0 Å². The third kappa shape index (κ3) is 8.37. The van der Waals surface area contributed by atoms with Crippen molar-refractivity contribution in [3.63, 3.8) is 0 Å². The summed E-state index contributed by atoms with van der Waals surface area (Å²) in [6.45, 7) is 9.40. The topological polar surface area (TPSA) is 64.6 Å². The van der Waals surface area contributed by atoms with E-state index in [0.29, 0.717) is 6.42 Å². The minimum Gasteiger partial charge on any atom is -0.460 e. The maximum atomic E-state index is 13.1. The molecule has 0 saturated heterocycles. The number of rotatable bonds is 9. The molecule has 0 fully saturated rings. The smallest absolute Gasteiger partial charge is 0.323 e. The maximum Gasteiger partial charge on any atom is 0.323 e. The van der Waals surface area contributed by atoms with E-state index in [1.54, 1.807) is 6.92 Å². The van der Waals surface area contributed by atoms with Crippen molar-refractivity contribution in [2.24, 2.45) is 0 Å². The lowest BCUT2D eigenvalue weighted by Crippen LogP contribution is -2.49. The molecule has 0 aliphatic carbocycles. The van der Waals surface area contributed by atoms with Crippen molar-refractivity contribution in [3.05, 3.63) is 95.6 Å². The zero-order valence-electron chi connectivity index (χ0n) is 21.2. The molecule has 2 atom stereocenters. The van der Waals surface area contributed by atoms with Gasteiger partial charge in [0.1, 0.15) is 24.3 Å². The Morgan fingerprint density at radius 3 is 2.14 bits per heavy atom. The lowest BCUT2D eigenvalue weighted by atomic mass is 9.99. The van der Waals surface area contributed by atoms with Gasteiger partial charge in [-0.1, -0.05) is 84.4 Å². The number of benzene rings is 3. The molecule has 5 heteroatoms. The fourth-order valence-electron chi connectivity index (χ4n) is 3.69. The third-order valence-corrected chi connectivity index (χ3v) is 5.47. The number of carbonyl (C=O) groups excluding carboxylic acids is 2. The van der Waals surface area contributed by atoms with E-state index in [9.17, 15) is 9.59 Å². The highest BCUT2D eigenvalue weighted by molar-refractivity contribution is 5.80. The second-order valence-corrected chi connectivity index (χ2v) is 9.84. The van der Waals surface area contributed by atoms with Crippen LogP contribution < -0.4 is 5.32 Å². The van der Waals surface area contributed by atoms with Gasteiger partial charge in [-0.2, -0.15) is 0 Å². The van der Waals surface area contributed by atoms with Crippen molar-refractivity contribution in [1.29, 1.82) is 0 Å². The van der Waals surface area contributed by atoms with E-state index in [0.717, 1.165) is 22.3 Å². The van der Waals surface area contributed by atoms with Gasteiger partial charge in [-0.05, 0) is 63.3 Å². The van der Waals surface area contributed by atoms with E-state index < -0.39 is 29.6 Å². The maximum absolute atomic E-state index is 13.1. The Kier molecular flexibility index (Phi) is 8.83. The van der Waals surface area contributed by atoms with Crippen LogP contribution in [0.1, 0.15) is 44.4 Å². The van der Waals surface area contributed by atoms with Crippen LogP contribution in [-0.2, 0) is 32.1 Å². The quantitative estimate of drug-likeness (QED) is 0.408. The minimum absolute atomic E-state index is 0.172. The van der Waals surface area contributed by atoms with Crippen molar-refractivity contribution in [3.8, 4) is 11.1 Å². The number of carbonyl (C=O) groups is 2. The molecule has 0 bridgehead atoms. The number of ether oxygens (including phenoxy) is 2. The summed E-state index contributed by atoms with van der Waals surface area (Å²) < 4.78 is 11.1. The fraction of sp³-hybridized carbons (Fsp3) is 0.333. The summed E-state index contributed by atoms with van der Waals surface area (Å²) in [5, 5.41) is 3.13. The van der Waals surface area contributed by atoms with Gasteiger partial charge in [0.05, 0.1) is 0 Å². The van der Waals surface area contributed by atoms with Gasteiger partial charge in [0.25, 0.3) is 0 Å². The van der Waals surface area contributed by atoms with Crippen LogP contribution in [0.25, 0.3) is 11.1 Å². The van der Waals surface area contributed by atoms with Crippen LogP contribution in [0.5, 0.6) is 0 Å². The molecule has 0 spiro atoms. The number of hydrogen-bond acceptors (Lipinski definition) is 5. The molecule has 0 radical (unpaired) electrons. The molecule has 3 rings (SSSR count). The molecule has 0 aromatic heterocycles. The highest BCUT2D eigenvalue weighted by Crippen LogP contribution is 2.21. The molecule has 35 heavy (non-hydrogen) atoms. The normalized spacial score (nSPS) is 13.1. The van der Waals surface area contributed by atoms with Crippen LogP contribution in [0.15, 0.2) is 78.9 Å². The Hall–Kier alpha value is -3.44. The highest BCUT2D eigenvalue weighted by atomic mass is 16.6.